The zero-order chi connectivity index (χ0) is 23.3. The number of nitrogens with zero attached hydrogens (tertiary/aromatic N) is 2. The van der Waals surface area contributed by atoms with Gasteiger partial charge in [0.2, 0.25) is 5.91 Å². The molecule has 0 unspecified atom stereocenters. The van der Waals surface area contributed by atoms with Gasteiger partial charge in [-0.15, -0.1) is 0 Å². The third kappa shape index (κ3) is 6.35. The lowest BCUT2D eigenvalue weighted by atomic mass is 9.88. The molecule has 32 heavy (non-hydrogen) atoms. The Morgan fingerprint density at radius 2 is 1.84 bits per heavy atom. The van der Waals surface area contributed by atoms with E-state index < -0.39 is 0 Å². The minimum absolute atomic E-state index is 0.0221. The Balaban J connectivity index is 1.85. The highest BCUT2D eigenvalue weighted by Crippen LogP contribution is 2.36. The quantitative estimate of drug-likeness (QED) is 0.530. The van der Waals surface area contributed by atoms with E-state index in [0.29, 0.717) is 17.8 Å². The van der Waals surface area contributed by atoms with E-state index in [2.05, 4.69) is 73.0 Å². The standard InChI is InChI=1S/C28H40N2O2/c1-20(2)15-30(28(31)21(3)4)18-25-17-29(16-23-10-7-9-22(5)13-23)19-27(25)24-11-8-12-26(14-24)32-6/h7-14,20-21,25,27H,15-19H2,1-6H3/t25-,27+/m0/s1. The molecule has 2 aromatic rings. The molecule has 1 amide bonds. The number of likely N-dealkylation sites (tertiary alicyclic amines) is 1. The molecule has 4 heteroatoms. The second-order valence-electron chi connectivity index (χ2n) is 10.1. The van der Waals surface area contributed by atoms with Crippen LogP contribution in [0.25, 0.3) is 0 Å². The summed E-state index contributed by atoms with van der Waals surface area (Å²) in [6, 6.07) is 17.3. The van der Waals surface area contributed by atoms with Crippen molar-refractivity contribution in [3.05, 3.63) is 65.2 Å². The fourth-order valence-electron chi connectivity index (χ4n) is 4.94. The van der Waals surface area contributed by atoms with Gasteiger partial charge in [0.05, 0.1) is 7.11 Å². The molecule has 0 saturated carbocycles. The maximum absolute atomic E-state index is 13.0. The summed E-state index contributed by atoms with van der Waals surface area (Å²) < 4.78 is 5.51. The summed E-state index contributed by atoms with van der Waals surface area (Å²) in [5.41, 5.74) is 3.96. The Morgan fingerprint density at radius 3 is 2.50 bits per heavy atom. The number of aryl methyl sites for hydroxylation is 1. The van der Waals surface area contributed by atoms with Gasteiger partial charge in [-0.3, -0.25) is 9.69 Å². The summed E-state index contributed by atoms with van der Waals surface area (Å²) in [5.74, 6) is 2.42. The monoisotopic (exact) mass is 436 g/mol. The van der Waals surface area contributed by atoms with E-state index in [4.69, 9.17) is 4.74 Å². The molecule has 3 rings (SSSR count). The van der Waals surface area contributed by atoms with Crippen molar-refractivity contribution >= 4 is 5.91 Å². The van der Waals surface area contributed by atoms with Gasteiger partial charge in [0, 0.05) is 44.6 Å². The third-order valence-corrected chi connectivity index (χ3v) is 6.37. The Kier molecular flexibility index (Phi) is 8.36. The molecule has 1 aliphatic heterocycles. The minimum Gasteiger partial charge on any atom is -0.497 e. The Bertz CT molecular complexity index is 893. The summed E-state index contributed by atoms with van der Waals surface area (Å²) in [6.45, 7) is 15.1. The van der Waals surface area contributed by atoms with Crippen molar-refractivity contribution < 1.29 is 9.53 Å². The van der Waals surface area contributed by atoms with Crippen molar-refractivity contribution in [2.75, 3.05) is 33.3 Å². The van der Waals surface area contributed by atoms with Gasteiger partial charge >= 0.3 is 0 Å². The summed E-state index contributed by atoms with van der Waals surface area (Å²) in [4.78, 5) is 17.7. The first kappa shape index (κ1) is 24.3. The molecule has 2 atom stereocenters. The maximum Gasteiger partial charge on any atom is 0.225 e. The topological polar surface area (TPSA) is 32.8 Å². The van der Waals surface area contributed by atoms with E-state index in [0.717, 1.165) is 38.5 Å². The van der Waals surface area contributed by atoms with Crippen LogP contribution in [-0.2, 0) is 11.3 Å². The summed E-state index contributed by atoms with van der Waals surface area (Å²) in [7, 11) is 1.72. The highest BCUT2D eigenvalue weighted by Gasteiger charge is 2.36. The predicted molar refractivity (Wildman–Crippen MR) is 132 cm³/mol. The highest BCUT2D eigenvalue weighted by molar-refractivity contribution is 5.78. The van der Waals surface area contributed by atoms with E-state index in [9.17, 15) is 4.79 Å². The summed E-state index contributed by atoms with van der Waals surface area (Å²) in [6.07, 6.45) is 0. The molecule has 0 bridgehead atoms. The van der Waals surface area contributed by atoms with Crippen LogP contribution >= 0.6 is 0 Å². The molecule has 0 aromatic heterocycles. The van der Waals surface area contributed by atoms with Crippen LogP contribution in [0.2, 0.25) is 0 Å². The molecule has 1 heterocycles. The first-order chi connectivity index (χ1) is 15.3. The predicted octanol–water partition coefficient (Wildman–Crippen LogP) is 5.36. The smallest absolute Gasteiger partial charge is 0.225 e. The summed E-state index contributed by atoms with van der Waals surface area (Å²) >= 11 is 0. The molecule has 174 valence electrons. The number of methoxy groups -OCH3 is 1. The molecule has 0 spiro atoms. The van der Waals surface area contributed by atoms with Crippen LogP contribution in [0.4, 0.5) is 0 Å². The lowest BCUT2D eigenvalue weighted by Gasteiger charge is -2.31. The van der Waals surface area contributed by atoms with Gasteiger partial charge in [0.1, 0.15) is 5.75 Å². The second kappa shape index (κ2) is 11.0. The number of amides is 1. The molecular weight excluding hydrogens is 396 g/mol. The number of ether oxygens (including phenoxy) is 1. The van der Waals surface area contributed by atoms with Crippen molar-refractivity contribution in [1.29, 1.82) is 0 Å². The molecule has 1 saturated heterocycles. The molecule has 4 nitrogen and oxygen atoms in total. The molecular formula is C28H40N2O2. The van der Waals surface area contributed by atoms with Crippen molar-refractivity contribution in [3.63, 3.8) is 0 Å². The van der Waals surface area contributed by atoms with E-state index >= 15 is 0 Å². The van der Waals surface area contributed by atoms with Crippen LogP contribution in [-0.4, -0.2) is 49.0 Å². The first-order valence-corrected chi connectivity index (χ1v) is 12.0. The number of carbonyl (C=O) groups excluding carboxylic acids is 1. The van der Waals surface area contributed by atoms with Gasteiger partial charge < -0.3 is 9.64 Å². The van der Waals surface area contributed by atoms with E-state index in [-0.39, 0.29) is 11.8 Å². The van der Waals surface area contributed by atoms with Gasteiger partial charge in [-0.25, -0.2) is 0 Å². The van der Waals surface area contributed by atoms with Crippen LogP contribution in [0, 0.1) is 24.7 Å². The molecule has 1 aliphatic rings. The second-order valence-corrected chi connectivity index (χ2v) is 10.1. The Labute approximate surface area is 194 Å². The van der Waals surface area contributed by atoms with E-state index in [1.54, 1.807) is 7.11 Å². The fraction of sp³-hybridized carbons (Fsp3) is 0.536. The fourth-order valence-corrected chi connectivity index (χ4v) is 4.94. The van der Waals surface area contributed by atoms with Crippen LogP contribution in [0.5, 0.6) is 5.75 Å². The average molecular weight is 437 g/mol. The van der Waals surface area contributed by atoms with Gasteiger partial charge in [0.25, 0.3) is 0 Å². The van der Waals surface area contributed by atoms with Crippen molar-refractivity contribution in [2.24, 2.45) is 17.8 Å². The molecule has 0 radical (unpaired) electrons. The summed E-state index contributed by atoms with van der Waals surface area (Å²) in [5, 5.41) is 0. The van der Waals surface area contributed by atoms with Crippen molar-refractivity contribution in [3.8, 4) is 5.75 Å². The number of hydrogen-bond donors (Lipinski definition) is 0. The van der Waals surface area contributed by atoms with Crippen LogP contribution in [0.3, 0.4) is 0 Å². The number of hydrogen-bond acceptors (Lipinski definition) is 3. The number of rotatable bonds is 9. The first-order valence-electron chi connectivity index (χ1n) is 12.0. The van der Waals surface area contributed by atoms with Crippen LogP contribution in [0.15, 0.2) is 48.5 Å². The van der Waals surface area contributed by atoms with Gasteiger partial charge in [-0.1, -0.05) is 69.7 Å². The Hall–Kier alpha value is -2.33. The van der Waals surface area contributed by atoms with E-state index in [1.807, 2.05) is 19.9 Å². The van der Waals surface area contributed by atoms with Crippen LogP contribution < -0.4 is 4.74 Å². The Morgan fingerprint density at radius 1 is 1.09 bits per heavy atom. The zero-order valence-corrected chi connectivity index (χ0v) is 20.7. The maximum atomic E-state index is 13.0. The number of carbonyl (C=O) groups is 1. The van der Waals surface area contributed by atoms with Crippen molar-refractivity contribution in [1.82, 2.24) is 9.80 Å². The highest BCUT2D eigenvalue weighted by atomic mass is 16.5. The van der Waals surface area contributed by atoms with E-state index in [1.165, 1.54) is 16.7 Å². The lowest BCUT2D eigenvalue weighted by Crippen LogP contribution is -2.41. The molecule has 2 aromatic carbocycles. The zero-order valence-electron chi connectivity index (χ0n) is 20.7. The van der Waals surface area contributed by atoms with Crippen molar-refractivity contribution in [2.45, 2.75) is 47.1 Å². The normalized spacial score (nSPS) is 19.0. The lowest BCUT2D eigenvalue weighted by molar-refractivity contribution is -0.135. The molecule has 1 fully saturated rings. The van der Waals surface area contributed by atoms with Gasteiger partial charge in [0.15, 0.2) is 0 Å². The van der Waals surface area contributed by atoms with Crippen LogP contribution in [0.1, 0.15) is 50.3 Å². The largest absolute Gasteiger partial charge is 0.497 e. The molecule has 0 aliphatic carbocycles. The molecule has 0 N–H and O–H groups in total. The minimum atomic E-state index is 0.0221. The van der Waals surface area contributed by atoms with Gasteiger partial charge in [-0.2, -0.15) is 0 Å². The van der Waals surface area contributed by atoms with Gasteiger partial charge in [-0.05, 0) is 42.0 Å². The number of benzene rings is 2. The average Bonchev–Trinajstić information content (AvgIpc) is 3.14. The third-order valence-electron chi connectivity index (χ3n) is 6.37. The SMILES string of the molecule is COc1cccc([C@H]2CN(Cc3cccc(C)c3)C[C@H]2CN(CC(C)C)C(=O)C(C)C)c1.